The van der Waals surface area contributed by atoms with Crippen molar-refractivity contribution in [3.8, 4) is 0 Å². The van der Waals surface area contributed by atoms with E-state index in [0.717, 1.165) is 51.3 Å². The zero-order valence-corrected chi connectivity index (χ0v) is 15.8. The fourth-order valence-corrected chi connectivity index (χ4v) is 3.37. The quantitative estimate of drug-likeness (QED) is 0.382. The molecule has 2 aliphatic heterocycles. The molecule has 5 heteroatoms. The minimum absolute atomic E-state index is 0. The summed E-state index contributed by atoms with van der Waals surface area (Å²) in [5.74, 6) is 0. The summed E-state index contributed by atoms with van der Waals surface area (Å²) in [5, 5.41) is 0. The van der Waals surface area contributed by atoms with Crippen LogP contribution in [-0.4, -0.2) is 19.9 Å². The molecule has 27 heavy (non-hydrogen) atoms. The number of fused-ring (bicyclic) bond motifs is 8. The summed E-state index contributed by atoms with van der Waals surface area (Å²) in [6, 6.07) is 14.7. The molecule has 2 aliphatic rings. The molecule has 0 amide bonds. The molecule has 5 rings (SSSR count). The number of rotatable bonds is 1. The van der Waals surface area contributed by atoms with E-state index in [1.54, 1.807) is 0 Å². The third-order valence-corrected chi connectivity index (χ3v) is 4.64. The number of nitrogens with zero attached hydrogens (tertiary/aromatic N) is 2. The van der Waals surface area contributed by atoms with Crippen molar-refractivity contribution in [3.63, 3.8) is 0 Å². The van der Waals surface area contributed by atoms with Gasteiger partial charge in [0.1, 0.15) is 0 Å². The van der Waals surface area contributed by atoms with Crippen LogP contribution < -0.4 is 0 Å². The van der Waals surface area contributed by atoms with Gasteiger partial charge in [0.25, 0.3) is 0 Å². The van der Waals surface area contributed by atoms with Gasteiger partial charge in [0.15, 0.2) is 0 Å². The van der Waals surface area contributed by atoms with E-state index in [2.05, 4.69) is 58.3 Å². The molecule has 3 aromatic heterocycles. The second-order valence-corrected chi connectivity index (χ2v) is 6.55. The van der Waals surface area contributed by atoms with Crippen LogP contribution in [0.3, 0.4) is 0 Å². The average Bonchev–Trinajstić information content (AvgIpc) is 3.39. The summed E-state index contributed by atoms with van der Waals surface area (Å²) in [6.07, 6.45) is 9.08. The van der Waals surface area contributed by atoms with Crippen LogP contribution in [0.25, 0.3) is 46.4 Å². The van der Waals surface area contributed by atoms with Crippen LogP contribution >= 0.6 is 0 Å². The van der Waals surface area contributed by atoms with Gasteiger partial charge in [-0.1, -0.05) is 6.92 Å². The molecule has 5 heterocycles. The van der Waals surface area contributed by atoms with Crippen LogP contribution in [0.1, 0.15) is 35.3 Å². The van der Waals surface area contributed by atoms with Gasteiger partial charge in [0.2, 0.25) is 0 Å². The van der Waals surface area contributed by atoms with Gasteiger partial charge in [-0.2, -0.15) is 0 Å². The summed E-state index contributed by atoms with van der Waals surface area (Å²) >= 11 is 0. The van der Waals surface area contributed by atoms with Crippen molar-refractivity contribution in [2.75, 3.05) is 0 Å². The second kappa shape index (κ2) is 7.01. The molecule has 8 bridgehead atoms. The number of hydrogen-bond donors (Lipinski definition) is 2. The smallest absolute Gasteiger partial charge is 0.0659 e. The molecule has 0 atom stereocenters. The fourth-order valence-electron chi connectivity index (χ4n) is 3.37. The van der Waals surface area contributed by atoms with Gasteiger partial charge in [-0.25, -0.2) is 9.97 Å². The van der Waals surface area contributed by atoms with Gasteiger partial charge < -0.3 is 9.97 Å². The summed E-state index contributed by atoms with van der Waals surface area (Å²) in [4.78, 5) is 16.3. The Bertz CT molecular complexity index is 1230. The standard InChI is InChI=1S/C22H18N4.Ni/c1-2-14-9-21-12-19-6-5-17(24-19)10-15-3-4-16(23-15)11-18-7-8-20(25-18)13-22(14)26-21;/h3-13,24,26H,2H2,1H3;. The van der Waals surface area contributed by atoms with Crippen molar-refractivity contribution in [2.45, 2.75) is 13.3 Å². The molecule has 0 aliphatic carbocycles. The summed E-state index contributed by atoms with van der Waals surface area (Å²) in [6.45, 7) is 2.17. The normalized spacial score (nSPS) is 12.2. The molecule has 3 aromatic rings. The zero-order valence-electron chi connectivity index (χ0n) is 14.8. The number of nitrogens with one attached hydrogen (secondary N) is 2. The zero-order chi connectivity index (χ0) is 17.5. The summed E-state index contributed by atoms with van der Waals surface area (Å²) < 4.78 is 0. The van der Waals surface area contributed by atoms with Gasteiger partial charge in [0.05, 0.1) is 22.8 Å². The molecule has 2 N–H and O–H groups in total. The minimum atomic E-state index is 0. The van der Waals surface area contributed by atoms with Crippen LogP contribution in [0, 0.1) is 0 Å². The van der Waals surface area contributed by atoms with Gasteiger partial charge in [-0.05, 0) is 78.8 Å². The van der Waals surface area contributed by atoms with Gasteiger partial charge in [-0.3, -0.25) is 0 Å². The second-order valence-electron chi connectivity index (χ2n) is 6.55. The van der Waals surface area contributed by atoms with Crippen molar-refractivity contribution in [3.05, 3.63) is 70.8 Å². The number of H-pyrrole nitrogens is 2. The molecular formula is C22H18N4Ni. The van der Waals surface area contributed by atoms with E-state index in [0.29, 0.717) is 0 Å². The third-order valence-electron chi connectivity index (χ3n) is 4.64. The number of aryl methyl sites for hydroxylation is 1. The van der Waals surface area contributed by atoms with Crippen LogP contribution in [0.4, 0.5) is 0 Å². The average molecular weight is 397 g/mol. The predicted molar refractivity (Wildman–Crippen MR) is 108 cm³/mol. The Kier molecular flexibility index (Phi) is 4.55. The monoisotopic (exact) mass is 396 g/mol. The van der Waals surface area contributed by atoms with Crippen LogP contribution in [0.15, 0.2) is 42.5 Å². The third kappa shape index (κ3) is 3.51. The van der Waals surface area contributed by atoms with Crippen LogP contribution in [0.2, 0.25) is 0 Å². The van der Waals surface area contributed by atoms with Gasteiger partial charge in [0, 0.05) is 38.6 Å². The topological polar surface area (TPSA) is 57.4 Å². The molecule has 4 nitrogen and oxygen atoms in total. The Hall–Kier alpha value is -2.91. The van der Waals surface area contributed by atoms with Crippen LogP contribution in [-0.2, 0) is 22.9 Å². The van der Waals surface area contributed by atoms with E-state index < -0.39 is 0 Å². The van der Waals surface area contributed by atoms with E-state index in [4.69, 9.17) is 4.98 Å². The van der Waals surface area contributed by atoms with E-state index >= 15 is 0 Å². The van der Waals surface area contributed by atoms with Gasteiger partial charge in [-0.15, -0.1) is 0 Å². The first-order chi connectivity index (χ1) is 12.7. The van der Waals surface area contributed by atoms with Gasteiger partial charge >= 0.3 is 0 Å². The Morgan fingerprint density at radius 1 is 0.667 bits per heavy atom. The Balaban J connectivity index is 0.00000180. The Morgan fingerprint density at radius 2 is 1.26 bits per heavy atom. The number of aromatic nitrogens is 4. The molecule has 0 aromatic carbocycles. The molecular weight excluding hydrogens is 379 g/mol. The largest absolute Gasteiger partial charge is 0.355 e. The summed E-state index contributed by atoms with van der Waals surface area (Å²) in [5.41, 5.74) is 9.31. The van der Waals surface area contributed by atoms with E-state index in [1.807, 2.05) is 30.4 Å². The minimum Gasteiger partial charge on any atom is -0.355 e. The van der Waals surface area contributed by atoms with Crippen molar-refractivity contribution in [1.29, 1.82) is 0 Å². The predicted octanol–water partition coefficient (Wildman–Crippen LogP) is 5.22. The van der Waals surface area contributed by atoms with E-state index in [-0.39, 0.29) is 16.5 Å². The summed E-state index contributed by atoms with van der Waals surface area (Å²) in [7, 11) is 0. The van der Waals surface area contributed by atoms with Crippen molar-refractivity contribution < 1.29 is 16.5 Å². The first-order valence-electron chi connectivity index (χ1n) is 8.82. The Labute approximate surface area is 167 Å². The molecule has 0 radical (unpaired) electrons. The van der Waals surface area contributed by atoms with Crippen LogP contribution in [0.5, 0.6) is 0 Å². The molecule has 136 valence electrons. The maximum atomic E-state index is 4.70. The first-order valence-corrected chi connectivity index (χ1v) is 8.82. The SMILES string of the molecule is CCc1cc2cc3ccc(cc4nc(cc5nc(cc1[nH]2)C=C5)C=C4)[nH]3.[Ni]. The van der Waals surface area contributed by atoms with Crippen molar-refractivity contribution in [2.24, 2.45) is 0 Å². The number of hydrogen-bond acceptors (Lipinski definition) is 2. The molecule has 0 spiro atoms. The maximum Gasteiger partial charge on any atom is 0.0659 e. The molecule has 0 fully saturated rings. The number of aromatic amines is 2. The fraction of sp³-hybridized carbons (Fsp3) is 0.0909. The molecule has 0 unspecified atom stereocenters. The van der Waals surface area contributed by atoms with E-state index in [1.165, 1.54) is 5.56 Å². The maximum absolute atomic E-state index is 4.70. The Morgan fingerprint density at radius 3 is 1.93 bits per heavy atom. The first kappa shape index (κ1) is 17.5. The van der Waals surface area contributed by atoms with Crippen molar-refractivity contribution >= 4 is 46.4 Å². The molecule has 0 saturated heterocycles. The van der Waals surface area contributed by atoms with Crippen molar-refractivity contribution in [1.82, 2.24) is 19.9 Å². The van der Waals surface area contributed by atoms with E-state index in [9.17, 15) is 0 Å². The molecule has 0 saturated carbocycles.